The zero-order chi connectivity index (χ0) is 16.8. The first kappa shape index (κ1) is 17.6. The first-order valence-electron chi connectivity index (χ1n) is 9.12. The number of likely N-dealkylation sites (tertiary alicyclic amines) is 2. The van der Waals surface area contributed by atoms with Crippen molar-refractivity contribution in [3.8, 4) is 5.75 Å². The van der Waals surface area contributed by atoms with Gasteiger partial charge in [-0.25, -0.2) is 0 Å². The van der Waals surface area contributed by atoms with E-state index in [1.807, 2.05) is 24.3 Å². The molecule has 0 aliphatic carbocycles. The summed E-state index contributed by atoms with van der Waals surface area (Å²) in [6.45, 7) is 5.47. The summed E-state index contributed by atoms with van der Waals surface area (Å²) in [6, 6.07) is 7.51. The summed E-state index contributed by atoms with van der Waals surface area (Å²) < 4.78 is 5.76. The second-order valence-corrected chi connectivity index (χ2v) is 7.24. The maximum atomic E-state index is 12.6. The van der Waals surface area contributed by atoms with Gasteiger partial charge in [0.1, 0.15) is 12.4 Å². The largest absolute Gasteiger partial charge is 0.492 e. The normalized spacial score (nSPS) is 20.1. The van der Waals surface area contributed by atoms with Gasteiger partial charge >= 0.3 is 0 Å². The lowest BCUT2D eigenvalue weighted by atomic mass is 9.94. The third kappa shape index (κ3) is 4.87. The predicted octanol–water partition coefficient (Wildman–Crippen LogP) is 3.44. The van der Waals surface area contributed by atoms with Gasteiger partial charge in [-0.15, -0.1) is 0 Å². The number of carbonyl (C=O) groups excluding carboxylic acids is 1. The van der Waals surface area contributed by atoms with Gasteiger partial charge in [-0.3, -0.25) is 9.69 Å². The summed E-state index contributed by atoms with van der Waals surface area (Å²) in [4.78, 5) is 17.0. The molecule has 1 aromatic carbocycles. The molecule has 0 radical (unpaired) electrons. The van der Waals surface area contributed by atoms with Crippen LogP contribution in [0.1, 0.15) is 32.1 Å². The molecule has 2 fully saturated rings. The zero-order valence-corrected chi connectivity index (χ0v) is 15.0. The minimum atomic E-state index is 0.230. The first-order valence-corrected chi connectivity index (χ1v) is 9.50. The Hall–Kier alpha value is -1.26. The number of amides is 1. The maximum Gasteiger partial charge on any atom is 0.225 e. The molecule has 3 rings (SSSR count). The van der Waals surface area contributed by atoms with E-state index in [-0.39, 0.29) is 5.92 Å². The van der Waals surface area contributed by atoms with Crippen LogP contribution in [0.5, 0.6) is 5.75 Å². The Morgan fingerprint density at radius 1 is 1.12 bits per heavy atom. The summed E-state index contributed by atoms with van der Waals surface area (Å²) >= 11 is 5.96. The second-order valence-electron chi connectivity index (χ2n) is 6.81. The van der Waals surface area contributed by atoms with E-state index in [4.69, 9.17) is 16.3 Å². The molecule has 5 heteroatoms. The third-order valence-corrected chi connectivity index (χ3v) is 5.31. The zero-order valence-electron chi connectivity index (χ0n) is 14.3. The van der Waals surface area contributed by atoms with Crippen LogP contribution in [-0.4, -0.2) is 55.0 Å². The average molecular weight is 351 g/mol. The van der Waals surface area contributed by atoms with Crippen LogP contribution >= 0.6 is 11.6 Å². The molecule has 0 aromatic heterocycles. The van der Waals surface area contributed by atoms with E-state index in [1.165, 1.54) is 19.3 Å². The Bertz CT molecular complexity index is 538. The van der Waals surface area contributed by atoms with Crippen molar-refractivity contribution in [3.63, 3.8) is 0 Å². The summed E-state index contributed by atoms with van der Waals surface area (Å²) in [5.41, 5.74) is 0. The van der Waals surface area contributed by atoms with Gasteiger partial charge in [0.25, 0.3) is 0 Å². The lowest BCUT2D eigenvalue weighted by molar-refractivity contribution is -0.138. The molecule has 4 nitrogen and oxygen atoms in total. The SMILES string of the molecule is O=C(C1CCN(CCOc2cccc(Cl)c2)CC1)N1CCCCC1. The molecule has 1 amide bonds. The molecule has 0 N–H and O–H groups in total. The molecule has 0 atom stereocenters. The fourth-order valence-electron chi connectivity index (χ4n) is 3.63. The summed E-state index contributed by atoms with van der Waals surface area (Å²) in [5.74, 6) is 1.44. The van der Waals surface area contributed by atoms with Gasteiger partial charge < -0.3 is 9.64 Å². The summed E-state index contributed by atoms with van der Waals surface area (Å²) in [5, 5.41) is 0.699. The Kier molecular flexibility index (Phi) is 6.38. The maximum absolute atomic E-state index is 12.6. The van der Waals surface area contributed by atoms with Crippen LogP contribution < -0.4 is 4.74 Å². The van der Waals surface area contributed by atoms with Crippen LogP contribution in [0.2, 0.25) is 5.02 Å². The molecule has 0 spiro atoms. The number of ether oxygens (including phenoxy) is 1. The minimum Gasteiger partial charge on any atom is -0.492 e. The van der Waals surface area contributed by atoms with Gasteiger partial charge in [0.2, 0.25) is 5.91 Å². The summed E-state index contributed by atoms with van der Waals surface area (Å²) in [7, 11) is 0. The number of nitrogens with zero attached hydrogens (tertiary/aromatic N) is 2. The molecule has 0 bridgehead atoms. The molecule has 1 aromatic rings. The standard InChI is InChI=1S/C19H27ClN2O2/c20-17-5-4-6-18(15-17)24-14-13-21-11-7-16(8-12-21)19(23)22-9-2-1-3-10-22/h4-6,15-16H,1-3,7-14H2. The van der Waals surface area contributed by atoms with Crippen LogP contribution in [0.3, 0.4) is 0 Å². The molecule has 2 saturated heterocycles. The molecule has 0 unspecified atom stereocenters. The number of halogens is 1. The quantitative estimate of drug-likeness (QED) is 0.815. The predicted molar refractivity (Wildman–Crippen MR) is 96.5 cm³/mol. The number of piperidine rings is 2. The van der Waals surface area contributed by atoms with Crippen LogP contribution in [-0.2, 0) is 4.79 Å². The summed E-state index contributed by atoms with van der Waals surface area (Å²) in [6.07, 6.45) is 5.57. The molecular weight excluding hydrogens is 324 g/mol. The van der Waals surface area contributed by atoms with E-state index < -0.39 is 0 Å². The molecule has 0 saturated carbocycles. The number of carbonyl (C=O) groups is 1. The van der Waals surface area contributed by atoms with E-state index >= 15 is 0 Å². The second kappa shape index (κ2) is 8.72. The van der Waals surface area contributed by atoms with Gasteiger partial charge in [-0.05, 0) is 63.4 Å². The minimum absolute atomic E-state index is 0.230. The van der Waals surface area contributed by atoms with Crippen molar-refractivity contribution in [2.24, 2.45) is 5.92 Å². The van der Waals surface area contributed by atoms with Crippen molar-refractivity contribution in [3.05, 3.63) is 29.3 Å². The topological polar surface area (TPSA) is 32.8 Å². The lowest BCUT2D eigenvalue weighted by Crippen LogP contribution is -2.45. The highest BCUT2D eigenvalue weighted by Crippen LogP contribution is 2.22. The van der Waals surface area contributed by atoms with Gasteiger partial charge in [-0.1, -0.05) is 17.7 Å². The Morgan fingerprint density at radius 2 is 1.88 bits per heavy atom. The monoisotopic (exact) mass is 350 g/mol. The molecule has 24 heavy (non-hydrogen) atoms. The van der Waals surface area contributed by atoms with Crippen LogP contribution in [0.4, 0.5) is 0 Å². The van der Waals surface area contributed by atoms with E-state index in [0.29, 0.717) is 17.5 Å². The van der Waals surface area contributed by atoms with Crippen molar-refractivity contribution < 1.29 is 9.53 Å². The van der Waals surface area contributed by atoms with Crippen molar-refractivity contribution in [2.75, 3.05) is 39.3 Å². The highest BCUT2D eigenvalue weighted by Gasteiger charge is 2.28. The van der Waals surface area contributed by atoms with Crippen LogP contribution in [0.25, 0.3) is 0 Å². The van der Waals surface area contributed by atoms with Crippen LogP contribution in [0, 0.1) is 5.92 Å². The fraction of sp³-hybridized carbons (Fsp3) is 0.632. The number of benzene rings is 1. The average Bonchev–Trinajstić information content (AvgIpc) is 2.63. The molecule has 2 heterocycles. The fourth-order valence-corrected chi connectivity index (χ4v) is 3.81. The van der Waals surface area contributed by atoms with E-state index in [0.717, 1.165) is 51.3 Å². The van der Waals surface area contributed by atoms with E-state index in [2.05, 4.69) is 9.80 Å². The first-order chi connectivity index (χ1) is 11.7. The number of hydrogen-bond acceptors (Lipinski definition) is 3. The van der Waals surface area contributed by atoms with Gasteiger partial charge in [0.15, 0.2) is 0 Å². The van der Waals surface area contributed by atoms with Gasteiger partial charge in [0, 0.05) is 30.6 Å². The third-order valence-electron chi connectivity index (χ3n) is 5.08. The Balaban J connectivity index is 1.36. The number of hydrogen-bond donors (Lipinski definition) is 0. The molecule has 2 aliphatic rings. The van der Waals surface area contributed by atoms with Crippen molar-refractivity contribution >= 4 is 17.5 Å². The molecular formula is C19H27ClN2O2. The van der Waals surface area contributed by atoms with Crippen molar-refractivity contribution in [1.82, 2.24) is 9.80 Å². The van der Waals surface area contributed by atoms with E-state index in [1.54, 1.807) is 0 Å². The molecule has 2 aliphatic heterocycles. The Labute approximate surface area is 149 Å². The smallest absolute Gasteiger partial charge is 0.225 e. The Morgan fingerprint density at radius 3 is 2.58 bits per heavy atom. The number of rotatable bonds is 5. The lowest BCUT2D eigenvalue weighted by Gasteiger charge is -2.35. The van der Waals surface area contributed by atoms with Gasteiger partial charge in [-0.2, -0.15) is 0 Å². The van der Waals surface area contributed by atoms with Crippen molar-refractivity contribution in [1.29, 1.82) is 0 Å². The van der Waals surface area contributed by atoms with Crippen molar-refractivity contribution in [2.45, 2.75) is 32.1 Å². The van der Waals surface area contributed by atoms with Crippen LogP contribution in [0.15, 0.2) is 24.3 Å². The molecule has 132 valence electrons. The highest BCUT2D eigenvalue weighted by molar-refractivity contribution is 6.30. The van der Waals surface area contributed by atoms with Gasteiger partial charge in [0.05, 0.1) is 0 Å². The highest BCUT2D eigenvalue weighted by atomic mass is 35.5. The van der Waals surface area contributed by atoms with E-state index in [9.17, 15) is 4.79 Å².